The zero-order chi connectivity index (χ0) is 9.53. The van der Waals surface area contributed by atoms with Crippen LogP contribution in [0, 0.1) is 0 Å². The van der Waals surface area contributed by atoms with Crippen molar-refractivity contribution in [1.82, 2.24) is 0 Å². The van der Waals surface area contributed by atoms with Crippen LogP contribution in [0.3, 0.4) is 0 Å². The molecule has 2 heterocycles. The minimum absolute atomic E-state index is 0.00539. The van der Waals surface area contributed by atoms with Gasteiger partial charge in [0.05, 0.1) is 23.9 Å². The van der Waals surface area contributed by atoms with Crippen molar-refractivity contribution in [3.05, 3.63) is 0 Å². The van der Waals surface area contributed by atoms with Crippen molar-refractivity contribution in [2.24, 2.45) is 0 Å². The van der Waals surface area contributed by atoms with Crippen LogP contribution in [0.1, 0.15) is 33.1 Å². The van der Waals surface area contributed by atoms with Crippen LogP contribution in [0.15, 0.2) is 0 Å². The molecule has 0 radical (unpaired) electrons. The Morgan fingerprint density at radius 3 is 2.62 bits per heavy atom. The molecule has 2 aliphatic rings. The van der Waals surface area contributed by atoms with E-state index in [1.807, 2.05) is 0 Å². The van der Waals surface area contributed by atoms with E-state index in [0.717, 1.165) is 31.2 Å². The number of halogens is 1. The lowest BCUT2D eigenvalue weighted by molar-refractivity contribution is -0.124. The molecule has 13 heavy (non-hydrogen) atoms. The SMILES string of the molecule is CC1(C)OCCC12CCC(CBr)O2. The van der Waals surface area contributed by atoms with Crippen LogP contribution >= 0.6 is 15.9 Å². The second kappa shape index (κ2) is 3.21. The van der Waals surface area contributed by atoms with Crippen LogP contribution in [-0.4, -0.2) is 29.2 Å². The van der Waals surface area contributed by atoms with Crippen molar-refractivity contribution >= 4 is 15.9 Å². The summed E-state index contributed by atoms with van der Waals surface area (Å²) in [6, 6.07) is 0. The van der Waals surface area contributed by atoms with Crippen molar-refractivity contribution in [2.45, 2.75) is 50.4 Å². The molecule has 76 valence electrons. The summed E-state index contributed by atoms with van der Waals surface area (Å²) in [5.41, 5.74) is -0.0879. The first kappa shape index (κ1) is 9.94. The predicted molar refractivity (Wildman–Crippen MR) is 55.3 cm³/mol. The highest BCUT2D eigenvalue weighted by Crippen LogP contribution is 2.47. The highest BCUT2D eigenvalue weighted by Gasteiger charge is 2.55. The summed E-state index contributed by atoms with van der Waals surface area (Å²) in [5, 5.41) is 0.949. The van der Waals surface area contributed by atoms with Crippen LogP contribution in [-0.2, 0) is 9.47 Å². The molecule has 0 amide bonds. The van der Waals surface area contributed by atoms with Crippen LogP contribution in [0.2, 0.25) is 0 Å². The molecule has 0 N–H and O–H groups in total. The largest absolute Gasteiger partial charge is 0.372 e. The van der Waals surface area contributed by atoms with Gasteiger partial charge in [-0.1, -0.05) is 15.9 Å². The molecule has 2 atom stereocenters. The monoisotopic (exact) mass is 248 g/mol. The Bertz CT molecular complexity index is 205. The summed E-state index contributed by atoms with van der Waals surface area (Å²) in [4.78, 5) is 0. The molecule has 2 unspecified atom stereocenters. The van der Waals surface area contributed by atoms with Crippen molar-refractivity contribution < 1.29 is 9.47 Å². The Hall–Kier alpha value is 0.400. The molecule has 2 saturated heterocycles. The highest BCUT2D eigenvalue weighted by atomic mass is 79.9. The molecule has 2 rings (SSSR count). The maximum Gasteiger partial charge on any atom is 0.0992 e. The van der Waals surface area contributed by atoms with E-state index in [-0.39, 0.29) is 11.2 Å². The summed E-state index contributed by atoms with van der Waals surface area (Å²) >= 11 is 3.48. The van der Waals surface area contributed by atoms with E-state index in [0.29, 0.717) is 6.10 Å². The average Bonchev–Trinajstić information content (AvgIpc) is 2.60. The first-order valence-electron chi connectivity index (χ1n) is 4.97. The molecule has 2 nitrogen and oxygen atoms in total. The van der Waals surface area contributed by atoms with Crippen LogP contribution < -0.4 is 0 Å². The fraction of sp³-hybridized carbons (Fsp3) is 1.00. The molecular weight excluding hydrogens is 232 g/mol. The molecule has 0 aromatic heterocycles. The van der Waals surface area contributed by atoms with E-state index in [4.69, 9.17) is 9.47 Å². The molecule has 0 aliphatic carbocycles. The zero-order valence-electron chi connectivity index (χ0n) is 8.31. The van der Waals surface area contributed by atoms with E-state index in [9.17, 15) is 0 Å². The second-order valence-electron chi connectivity index (χ2n) is 4.54. The normalized spacial score (nSPS) is 43.2. The van der Waals surface area contributed by atoms with Gasteiger partial charge in [0.2, 0.25) is 0 Å². The average molecular weight is 249 g/mol. The fourth-order valence-corrected chi connectivity index (χ4v) is 2.93. The van der Waals surface area contributed by atoms with Gasteiger partial charge in [-0.05, 0) is 26.7 Å². The third kappa shape index (κ3) is 1.45. The van der Waals surface area contributed by atoms with Crippen LogP contribution in [0.4, 0.5) is 0 Å². The Labute approximate surface area is 88.1 Å². The van der Waals surface area contributed by atoms with Crippen molar-refractivity contribution in [1.29, 1.82) is 0 Å². The number of ether oxygens (including phenoxy) is 2. The van der Waals surface area contributed by atoms with Crippen LogP contribution in [0.25, 0.3) is 0 Å². The summed E-state index contributed by atoms with van der Waals surface area (Å²) in [6.07, 6.45) is 3.76. The Morgan fingerprint density at radius 2 is 2.15 bits per heavy atom. The van der Waals surface area contributed by atoms with Gasteiger partial charge >= 0.3 is 0 Å². The van der Waals surface area contributed by atoms with Gasteiger partial charge in [-0.2, -0.15) is 0 Å². The molecule has 1 spiro atoms. The molecule has 0 bridgehead atoms. The third-order valence-electron chi connectivity index (χ3n) is 3.50. The smallest absolute Gasteiger partial charge is 0.0992 e. The molecule has 0 aromatic rings. The minimum atomic E-state index is -0.0933. The number of hydrogen-bond acceptors (Lipinski definition) is 2. The Balaban J connectivity index is 2.13. The zero-order valence-corrected chi connectivity index (χ0v) is 9.89. The molecule has 2 fully saturated rings. The lowest BCUT2D eigenvalue weighted by atomic mass is 9.83. The molecule has 0 aromatic carbocycles. The van der Waals surface area contributed by atoms with E-state index >= 15 is 0 Å². The van der Waals surface area contributed by atoms with Gasteiger partial charge in [0.1, 0.15) is 0 Å². The van der Waals surface area contributed by atoms with Crippen molar-refractivity contribution in [3.8, 4) is 0 Å². The van der Waals surface area contributed by atoms with Gasteiger partial charge < -0.3 is 9.47 Å². The predicted octanol–water partition coefficient (Wildman–Crippen LogP) is 2.50. The first-order chi connectivity index (χ1) is 6.10. The highest BCUT2D eigenvalue weighted by molar-refractivity contribution is 9.09. The molecule has 3 heteroatoms. The third-order valence-corrected chi connectivity index (χ3v) is 4.22. The standard InChI is InChI=1S/C10H17BrO2/c1-9(2)10(5-6-12-9)4-3-8(7-11)13-10/h8H,3-7H2,1-2H3. The summed E-state index contributed by atoms with van der Waals surface area (Å²) < 4.78 is 11.8. The molecule has 0 saturated carbocycles. The lowest BCUT2D eigenvalue weighted by Crippen LogP contribution is -2.46. The van der Waals surface area contributed by atoms with E-state index in [2.05, 4.69) is 29.8 Å². The molecular formula is C10H17BrO2. The summed E-state index contributed by atoms with van der Waals surface area (Å²) in [5.74, 6) is 0. The van der Waals surface area contributed by atoms with E-state index in [1.165, 1.54) is 0 Å². The van der Waals surface area contributed by atoms with Gasteiger partial charge in [-0.25, -0.2) is 0 Å². The minimum Gasteiger partial charge on any atom is -0.372 e. The number of alkyl halides is 1. The maximum atomic E-state index is 6.10. The Morgan fingerprint density at radius 1 is 1.38 bits per heavy atom. The maximum absolute atomic E-state index is 6.10. The van der Waals surface area contributed by atoms with Crippen molar-refractivity contribution in [2.75, 3.05) is 11.9 Å². The molecule has 2 aliphatic heterocycles. The van der Waals surface area contributed by atoms with Gasteiger partial charge in [0.15, 0.2) is 0 Å². The van der Waals surface area contributed by atoms with E-state index < -0.39 is 0 Å². The summed E-state index contributed by atoms with van der Waals surface area (Å²) in [7, 11) is 0. The van der Waals surface area contributed by atoms with E-state index in [1.54, 1.807) is 0 Å². The van der Waals surface area contributed by atoms with Crippen molar-refractivity contribution in [3.63, 3.8) is 0 Å². The lowest BCUT2D eigenvalue weighted by Gasteiger charge is -2.36. The Kier molecular flexibility index (Phi) is 2.45. The van der Waals surface area contributed by atoms with Gasteiger partial charge in [0.25, 0.3) is 0 Å². The number of hydrogen-bond donors (Lipinski definition) is 0. The first-order valence-corrected chi connectivity index (χ1v) is 6.09. The summed E-state index contributed by atoms with van der Waals surface area (Å²) in [6.45, 7) is 5.15. The van der Waals surface area contributed by atoms with Gasteiger partial charge in [-0.3, -0.25) is 0 Å². The number of rotatable bonds is 1. The van der Waals surface area contributed by atoms with Crippen LogP contribution in [0.5, 0.6) is 0 Å². The quantitative estimate of drug-likeness (QED) is 0.665. The van der Waals surface area contributed by atoms with Gasteiger partial charge in [-0.15, -0.1) is 0 Å². The fourth-order valence-electron chi connectivity index (χ4n) is 2.47. The van der Waals surface area contributed by atoms with Gasteiger partial charge in [0, 0.05) is 11.8 Å². The topological polar surface area (TPSA) is 18.5 Å². The second-order valence-corrected chi connectivity index (χ2v) is 5.18.